The van der Waals surface area contributed by atoms with Crippen molar-refractivity contribution < 1.29 is 8.85 Å². The molecule has 0 bridgehead atoms. The van der Waals surface area contributed by atoms with Crippen LogP contribution in [0.1, 0.15) is 13.8 Å². The van der Waals surface area contributed by atoms with Crippen LogP contribution in [0.4, 0.5) is 0 Å². The number of rotatable bonds is 8. The van der Waals surface area contributed by atoms with Crippen molar-refractivity contribution in [2.45, 2.75) is 51.8 Å². The summed E-state index contributed by atoms with van der Waals surface area (Å²) in [6, 6.07) is 1.02. The maximum absolute atomic E-state index is 6.28. The van der Waals surface area contributed by atoms with E-state index < -0.39 is 16.6 Å². The van der Waals surface area contributed by atoms with E-state index in [1.807, 2.05) is 14.0 Å². The van der Waals surface area contributed by atoms with Gasteiger partial charge in [-0.25, -0.2) is 0 Å². The van der Waals surface area contributed by atoms with Crippen LogP contribution < -0.4 is 5.32 Å². The van der Waals surface area contributed by atoms with Crippen molar-refractivity contribution >= 4 is 16.6 Å². The highest BCUT2D eigenvalue weighted by Gasteiger charge is 2.36. The third-order valence-electron chi connectivity index (χ3n) is 2.92. The maximum Gasteiger partial charge on any atom is 0.336 e. The molecule has 0 rings (SSSR count). The summed E-state index contributed by atoms with van der Waals surface area (Å²) in [5.74, 6) is 0. The lowest BCUT2D eigenvalue weighted by Crippen LogP contribution is -2.50. The summed E-state index contributed by atoms with van der Waals surface area (Å²) in [4.78, 5) is 0. The largest absolute Gasteiger partial charge is 0.395 e. The Morgan fingerprint density at radius 3 is 2.12 bits per heavy atom. The highest BCUT2D eigenvalue weighted by molar-refractivity contribution is 6.78. The molecule has 0 saturated heterocycles. The molecule has 2 atom stereocenters. The van der Waals surface area contributed by atoms with Gasteiger partial charge in [-0.3, -0.25) is 0 Å². The molecule has 16 heavy (non-hydrogen) atoms. The first-order valence-corrected chi connectivity index (χ1v) is 12.3. The molecule has 0 aliphatic carbocycles. The van der Waals surface area contributed by atoms with Gasteiger partial charge < -0.3 is 14.2 Å². The van der Waals surface area contributed by atoms with Gasteiger partial charge in [0.15, 0.2) is 0 Å². The highest BCUT2D eigenvalue weighted by atomic mass is 28.4. The third-order valence-corrected chi connectivity index (χ3v) is 8.63. The fourth-order valence-electron chi connectivity index (χ4n) is 1.37. The fourth-order valence-corrected chi connectivity index (χ4v) is 5.93. The van der Waals surface area contributed by atoms with E-state index in [1.54, 1.807) is 0 Å². The zero-order valence-corrected chi connectivity index (χ0v) is 14.0. The molecule has 3 nitrogen and oxygen atoms in total. The highest BCUT2D eigenvalue weighted by Crippen LogP contribution is 2.20. The van der Waals surface area contributed by atoms with Gasteiger partial charge in [0, 0.05) is 18.4 Å². The third kappa shape index (κ3) is 6.15. The summed E-state index contributed by atoms with van der Waals surface area (Å²) in [6.45, 7) is 15.2. The van der Waals surface area contributed by atoms with Crippen LogP contribution in [0.15, 0.2) is 0 Å². The molecule has 98 valence electrons. The predicted octanol–water partition coefficient (Wildman–Crippen LogP) is 2.60. The topological polar surface area (TPSA) is 30.5 Å². The van der Waals surface area contributed by atoms with E-state index in [0.717, 1.165) is 19.2 Å². The smallest absolute Gasteiger partial charge is 0.336 e. The molecule has 0 amide bonds. The second-order valence-electron chi connectivity index (χ2n) is 5.55. The van der Waals surface area contributed by atoms with Gasteiger partial charge >= 0.3 is 8.56 Å². The molecule has 0 aromatic carbocycles. The van der Waals surface area contributed by atoms with Gasteiger partial charge in [0.1, 0.15) is 0 Å². The van der Waals surface area contributed by atoms with Crippen LogP contribution in [0.5, 0.6) is 0 Å². The monoisotopic (exact) mass is 263 g/mol. The predicted molar refractivity (Wildman–Crippen MR) is 75.9 cm³/mol. The van der Waals surface area contributed by atoms with Gasteiger partial charge in [0.25, 0.3) is 0 Å². The van der Waals surface area contributed by atoms with E-state index in [4.69, 9.17) is 8.85 Å². The Kier molecular flexibility index (Phi) is 7.04. The molecule has 1 N–H and O–H groups in total. The van der Waals surface area contributed by atoms with E-state index in [9.17, 15) is 0 Å². The summed E-state index contributed by atoms with van der Waals surface area (Å²) >= 11 is 0. The lowest BCUT2D eigenvalue weighted by molar-refractivity contribution is 0.166. The van der Waals surface area contributed by atoms with Crippen LogP contribution in [0.3, 0.4) is 0 Å². The molecule has 2 unspecified atom stereocenters. The second kappa shape index (κ2) is 6.91. The number of hydrogen-bond donors (Lipinski definition) is 1. The Bertz CT molecular complexity index is 197. The molecule has 0 aromatic rings. The van der Waals surface area contributed by atoms with E-state index in [0.29, 0.717) is 5.73 Å². The van der Waals surface area contributed by atoms with Crippen LogP contribution in [-0.2, 0) is 8.85 Å². The van der Waals surface area contributed by atoms with Crippen molar-refractivity contribution in [1.29, 1.82) is 0 Å². The Hall–Kier alpha value is 0.314. The lowest BCUT2D eigenvalue weighted by atomic mass is 10.8. The molecule has 0 heterocycles. The van der Waals surface area contributed by atoms with E-state index in [-0.39, 0.29) is 0 Å². The van der Waals surface area contributed by atoms with Crippen LogP contribution >= 0.6 is 0 Å². The van der Waals surface area contributed by atoms with Crippen LogP contribution in [0.25, 0.3) is 0 Å². The van der Waals surface area contributed by atoms with Gasteiger partial charge in [-0.2, -0.15) is 0 Å². The van der Waals surface area contributed by atoms with Crippen molar-refractivity contribution in [1.82, 2.24) is 5.32 Å². The van der Waals surface area contributed by atoms with Gasteiger partial charge in [-0.15, -0.1) is 0 Å². The van der Waals surface area contributed by atoms with Gasteiger partial charge in [-0.1, -0.05) is 19.6 Å². The quantitative estimate of drug-likeness (QED) is 0.683. The first-order chi connectivity index (χ1) is 7.25. The standard InChI is InChI=1S/C11H29NO2Si2/c1-8-13-16(7,10-9-12-3)14-11(2)15(4,5)6/h11-12H,8-10H2,1-7H3. The summed E-state index contributed by atoms with van der Waals surface area (Å²) < 4.78 is 12.2. The molecule has 0 spiro atoms. The molecular weight excluding hydrogens is 234 g/mol. The van der Waals surface area contributed by atoms with Gasteiger partial charge in [-0.05, 0) is 34.0 Å². The minimum Gasteiger partial charge on any atom is -0.395 e. The number of hydrogen-bond acceptors (Lipinski definition) is 3. The Morgan fingerprint density at radius 1 is 1.19 bits per heavy atom. The maximum atomic E-state index is 6.28. The second-order valence-corrected chi connectivity index (χ2v) is 14.4. The summed E-state index contributed by atoms with van der Waals surface area (Å²) in [5.41, 5.74) is 0.368. The minimum atomic E-state index is -1.97. The summed E-state index contributed by atoms with van der Waals surface area (Å²) in [6.07, 6.45) is 0. The molecule has 0 fully saturated rings. The van der Waals surface area contributed by atoms with E-state index >= 15 is 0 Å². The normalized spacial score (nSPS) is 18.2. The Balaban J connectivity index is 4.41. The van der Waals surface area contributed by atoms with Crippen molar-refractivity contribution in [3.05, 3.63) is 0 Å². The number of nitrogens with one attached hydrogen (secondary N) is 1. The molecule has 0 saturated carbocycles. The first-order valence-electron chi connectivity index (χ1n) is 6.21. The SMILES string of the molecule is CCO[Si](C)(CCNC)OC(C)[Si](C)(C)C. The first kappa shape index (κ1) is 16.3. The molecular formula is C11H29NO2Si2. The van der Waals surface area contributed by atoms with Gasteiger partial charge in [0.2, 0.25) is 0 Å². The van der Waals surface area contributed by atoms with Crippen molar-refractivity contribution in [2.75, 3.05) is 20.2 Å². The van der Waals surface area contributed by atoms with Crippen LogP contribution in [-0.4, -0.2) is 42.6 Å². The summed E-state index contributed by atoms with van der Waals surface area (Å²) in [5, 5.41) is 3.18. The fraction of sp³-hybridized carbons (Fsp3) is 1.00. The zero-order valence-electron chi connectivity index (χ0n) is 12.0. The molecule has 0 aliphatic heterocycles. The van der Waals surface area contributed by atoms with Crippen molar-refractivity contribution in [2.24, 2.45) is 0 Å². The van der Waals surface area contributed by atoms with Crippen molar-refractivity contribution in [3.63, 3.8) is 0 Å². The van der Waals surface area contributed by atoms with Gasteiger partial charge in [0.05, 0.1) is 8.07 Å². The average molecular weight is 264 g/mol. The summed E-state index contributed by atoms with van der Waals surface area (Å²) in [7, 11) is -1.22. The average Bonchev–Trinajstić information content (AvgIpc) is 2.13. The van der Waals surface area contributed by atoms with E-state index in [2.05, 4.69) is 38.4 Å². The van der Waals surface area contributed by atoms with Crippen LogP contribution in [0.2, 0.25) is 32.2 Å². The molecule has 0 radical (unpaired) electrons. The molecule has 0 aliphatic rings. The zero-order chi connectivity index (χ0) is 12.8. The molecule has 5 heteroatoms. The van der Waals surface area contributed by atoms with Crippen LogP contribution in [0, 0.1) is 0 Å². The molecule has 0 aromatic heterocycles. The Morgan fingerprint density at radius 2 is 1.75 bits per heavy atom. The van der Waals surface area contributed by atoms with Crippen molar-refractivity contribution in [3.8, 4) is 0 Å². The lowest BCUT2D eigenvalue weighted by Gasteiger charge is -2.35. The minimum absolute atomic E-state index is 0.368. The Labute approximate surface area is 103 Å². The van der Waals surface area contributed by atoms with E-state index in [1.165, 1.54) is 0 Å².